The third-order valence-corrected chi connectivity index (χ3v) is 6.83. The number of rotatable bonds is 3. The first-order chi connectivity index (χ1) is 14.5. The lowest BCUT2D eigenvalue weighted by atomic mass is 9.92. The number of carbonyl (C=O) groups excluding carboxylic acids is 1. The summed E-state index contributed by atoms with van der Waals surface area (Å²) < 4.78 is 2.81. The Morgan fingerprint density at radius 2 is 1.87 bits per heavy atom. The van der Waals surface area contributed by atoms with Crippen LogP contribution < -0.4 is 5.32 Å². The first-order valence-electron chi connectivity index (χ1n) is 9.74. The Bertz CT molecular complexity index is 1250. The molecule has 1 aliphatic carbocycles. The highest BCUT2D eigenvalue weighted by Crippen LogP contribution is 2.32. The quantitative estimate of drug-likeness (QED) is 0.397. The van der Waals surface area contributed by atoms with Crippen molar-refractivity contribution in [1.29, 1.82) is 0 Å². The molecule has 2 heterocycles. The summed E-state index contributed by atoms with van der Waals surface area (Å²) in [6.07, 6.45) is 4.71. The summed E-state index contributed by atoms with van der Waals surface area (Å²) in [4.78, 5) is 17.6. The standard InChI is InChI=1S/C22H18Cl2N4OS/c1-12-8-20(26-21(29)16-11-15(23)6-7-17(16)24)28(27-12)22-25-18-9-13-4-2-3-5-14(13)10-19(18)30-22/h6-11H,2-5H2,1H3,(H,26,29). The van der Waals surface area contributed by atoms with Crippen molar-refractivity contribution in [1.82, 2.24) is 14.8 Å². The Balaban J connectivity index is 1.52. The monoisotopic (exact) mass is 456 g/mol. The number of nitrogens with one attached hydrogen (secondary N) is 1. The smallest absolute Gasteiger partial charge is 0.258 e. The van der Waals surface area contributed by atoms with Crippen LogP contribution in [0.4, 0.5) is 5.82 Å². The van der Waals surface area contributed by atoms with Crippen molar-refractivity contribution in [2.24, 2.45) is 0 Å². The Morgan fingerprint density at radius 3 is 2.67 bits per heavy atom. The number of halogens is 2. The molecular weight excluding hydrogens is 439 g/mol. The minimum absolute atomic E-state index is 0.312. The third-order valence-electron chi connectivity index (χ3n) is 5.27. The van der Waals surface area contributed by atoms with Gasteiger partial charge >= 0.3 is 0 Å². The van der Waals surface area contributed by atoms with E-state index in [0.29, 0.717) is 26.6 Å². The molecule has 0 saturated heterocycles. The van der Waals surface area contributed by atoms with Crippen molar-refractivity contribution in [2.75, 3.05) is 5.32 Å². The number of nitrogens with zero attached hydrogens (tertiary/aromatic N) is 3. The second kappa shape index (κ2) is 7.69. The molecule has 0 spiro atoms. The van der Waals surface area contributed by atoms with Crippen molar-refractivity contribution in [3.63, 3.8) is 0 Å². The maximum absolute atomic E-state index is 12.8. The SMILES string of the molecule is Cc1cc(NC(=O)c2cc(Cl)ccc2Cl)n(-c2nc3cc4c(cc3s2)CCCC4)n1. The van der Waals surface area contributed by atoms with Crippen LogP contribution in [-0.4, -0.2) is 20.7 Å². The van der Waals surface area contributed by atoms with Gasteiger partial charge in [-0.25, -0.2) is 4.98 Å². The van der Waals surface area contributed by atoms with Gasteiger partial charge in [0.25, 0.3) is 5.91 Å². The fourth-order valence-electron chi connectivity index (χ4n) is 3.82. The van der Waals surface area contributed by atoms with E-state index in [2.05, 4.69) is 22.5 Å². The zero-order valence-electron chi connectivity index (χ0n) is 16.2. The van der Waals surface area contributed by atoms with E-state index >= 15 is 0 Å². The van der Waals surface area contributed by atoms with E-state index in [1.165, 1.54) is 24.0 Å². The first kappa shape index (κ1) is 19.5. The van der Waals surface area contributed by atoms with Gasteiger partial charge in [-0.05, 0) is 74.1 Å². The molecule has 0 fully saturated rings. The summed E-state index contributed by atoms with van der Waals surface area (Å²) in [5.41, 5.74) is 4.88. The zero-order chi connectivity index (χ0) is 20.8. The Kier molecular flexibility index (Phi) is 5.01. The van der Waals surface area contributed by atoms with Gasteiger partial charge in [-0.1, -0.05) is 34.5 Å². The number of anilines is 1. The van der Waals surface area contributed by atoms with E-state index in [9.17, 15) is 4.79 Å². The molecule has 0 saturated carbocycles. The number of thiazole rings is 1. The van der Waals surface area contributed by atoms with Gasteiger partial charge in [0.05, 0.1) is 26.5 Å². The molecule has 8 heteroatoms. The second-order valence-corrected chi connectivity index (χ2v) is 9.31. The Morgan fingerprint density at radius 1 is 1.10 bits per heavy atom. The van der Waals surface area contributed by atoms with Crippen LogP contribution in [0.3, 0.4) is 0 Å². The topological polar surface area (TPSA) is 59.8 Å². The highest BCUT2D eigenvalue weighted by Gasteiger charge is 2.19. The van der Waals surface area contributed by atoms with Crippen LogP contribution in [0.15, 0.2) is 36.4 Å². The van der Waals surface area contributed by atoms with Gasteiger partial charge in [-0.3, -0.25) is 4.79 Å². The lowest BCUT2D eigenvalue weighted by molar-refractivity contribution is 0.102. The highest BCUT2D eigenvalue weighted by atomic mass is 35.5. The molecule has 0 atom stereocenters. The molecule has 1 aliphatic rings. The lowest BCUT2D eigenvalue weighted by Crippen LogP contribution is -2.15. The summed E-state index contributed by atoms with van der Waals surface area (Å²) >= 11 is 13.8. The summed E-state index contributed by atoms with van der Waals surface area (Å²) in [5, 5.41) is 8.95. The number of fused-ring (bicyclic) bond motifs is 2. The molecule has 0 radical (unpaired) electrons. The van der Waals surface area contributed by atoms with Crippen LogP contribution in [0.1, 0.15) is 40.0 Å². The molecule has 5 rings (SSSR count). The summed E-state index contributed by atoms with van der Waals surface area (Å²) in [7, 11) is 0. The van der Waals surface area contributed by atoms with Crippen LogP contribution in [0.5, 0.6) is 0 Å². The normalized spacial score (nSPS) is 13.4. The van der Waals surface area contributed by atoms with Crippen molar-refractivity contribution in [3.8, 4) is 5.13 Å². The largest absolute Gasteiger partial charge is 0.306 e. The van der Waals surface area contributed by atoms with E-state index in [0.717, 1.165) is 28.8 Å². The van der Waals surface area contributed by atoms with E-state index in [1.54, 1.807) is 34.2 Å². The van der Waals surface area contributed by atoms with Crippen LogP contribution in [0.25, 0.3) is 15.3 Å². The number of hydrogen-bond acceptors (Lipinski definition) is 4. The van der Waals surface area contributed by atoms with Crippen molar-refractivity contribution in [2.45, 2.75) is 32.6 Å². The third kappa shape index (κ3) is 3.60. The molecule has 152 valence electrons. The molecule has 0 aliphatic heterocycles. The molecule has 0 unspecified atom stereocenters. The van der Waals surface area contributed by atoms with Gasteiger partial charge in [0.15, 0.2) is 0 Å². The number of amides is 1. The molecule has 1 N–H and O–H groups in total. The van der Waals surface area contributed by atoms with Crippen LogP contribution in [0.2, 0.25) is 10.0 Å². The number of benzene rings is 2. The van der Waals surface area contributed by atoms with E-state index in [4.69, 9.17) is 28.2 Å². The maximum atomic E-state index is 12.8. The van der Waals surface area contributed by atoms with Crippen LogP contribution >= 0.6 is 34.5 Å². The molecule has 4 aromatic rings. The highest BCUT2D eigenvalue weighted by molar-refractivity contribution is 7.20. The average Bonchev–Trinajstić information content (AvgIpc) is 3.30. The predicted octanol–water partition coefficient (Wildman–Crippen LogP) is 6.23. The number of carbonyl (C=O) groups is 1. The van der Waals surface area contributed by atoms with E-state index < -0.39 is 0 Å². The molecule has 2 aromatic carbocycles. The van der Waals surface area contributed by atoms with Gasteiger partial charge in [-0.15, -0.1) is 0 Å². The van der Waals surface area contributed by atoms with Gasteiger partial charge in [0, 0.05) is 11.1 Å². The van der Waals surface area contributed by atoms with Crippen molar-refractivity contribution >= 4 is 56.5 Å². The molecule has 2 aromatic heterocycles. The first-order valence-corrected chi connectivity index (χ1v) is 11.3. The minimum Gasteiger partial charge on any atom is -0.306 e. The number of aromatic nitrogens is 3. The van der Waals surface area contributed by atoms with Gasteiger partial charge < -0.3 is 5.32 Å². The average molecular weight is 457 g/mol. The predicted molar refractivity (Wildman–Crippen MR) is 123 cm³/mol. The van der Waals surface area contributed by atoms with Gasteiger partial charge in [0.1, 0.15) is 5.82 Å². The number of hydrogen-bond donors (Lipinski definition) is 1. The van der Waals surface area contributed by atoms with Crippen molar-refractivity contribution in [3.05, 3.63) is 68.8 Å². The maximum Gasteiger partial charge on any atom is 0.258 e. The Labute approximate surface area is 187 Å². The summed E-state index contributed by atoms with van der Waals surface area (Å²) in [5.74, 6) is 0.192. The molecule has 30 heavy (non-hydrogen) atoms. The van der Waals surface area contributed by atoms with Crippen LogP contribution in [-0.2, 0) is 12.8 Å². The fourth-order valence-corrected chi connectivity index (χ4v) is 5.18. The molecular formula is C22H18Cl2N4OS. The molecule has 5 nitrogen and oxygen atoms in total. The van der Waals surface area contributed by atoms with Crippen molar-refractivity contribution < 1.29 is 4.79 Å². The van der Waals surface area contributed by atoms with Gasteiger partial charge in [-0.2, -0.15) is 9.78 Å². The summed E-state index contributed by atoms with van der Waals surface area (Å²) in [6.45, 7) is 1.88. The zero-order valence-corrected chi connectivity index (χ0v) is 18.5. The lowest BCUT2D eigenvalue weighted by Gasteiger charge is -2.14. The Hall–Kier alpha value is -2.41. The number of aryl methyl sites for hydroxylation is 3. The fraction of sp³-hybridized carbons (Fsp3) is 0.227. The van der Waals surface area contributed by atoms with E-state index in [-0.39, 0.29) is 5.91 Å². The van der Waals surface area contributed by atoms with Gasteiger partial charge in [0.2, 0.25) is 5.13 Å². The minimum atomic E-state index is -0.347. The second-order valence-electron chi connectivity index (χ2n) is 7.45. The summed E-state index contributed by atoms with van der Waals surface area (Å²) in [6, 6.07) is 11.1. The van der Waals surface area contributed by atoms with E-state index in [1.807, 2.05) is 13.0 Å². The molecule has 1 amide bonds. The van der Waals surface area contributed by atoms with Crippen LogP contribution in [0, 0.1) is 6.92 Å². The molecule has 0 bridgehead atoms.